The molecule has 0 radical (unpaired) electrons. The molecule has 0 bridgehead atoms. The third-order valence-electron chi connectivity index (χ3n) is 1.65. The van der Waals surface area contributed by atoms with Gasteiger partial charge in [0.25, 0.3) is 0 Å². The molecule has 0 saturated heterocycles. The number of benzene rings is 1. The van der Waals surface area contributed by atoms with Gasteiger partial charge in [-0.3, -0.25) is 4.84 Å². The van der Waals surface area contributed by atoms with E-state index in [2.05, 4.69) is 4.84 Å². The first-order chi connectivity index (χ1) is 6.06. The molecular formula is C8H8Cl3NO. The Balaban J connectivity index is 3.20. The highest BCUT2D eigenvalue weighted by molar-refractivity contribution is 6.39. The zero-order chi connectivity index (χ0) is 10.0. The largest absolute Gasteiger partial charge is 0.297 e. The first-order valence-electron chi connectivity index (χ1n) is 3.56. The molecule has 0 amide bonds. The summed E-state index contributed by atoms with van der Waals surface area (Å²) >= 11 is 17.5. The van der Waals surface area contributed by atoms with Gasteiger partial charge in [-0.15, -0.1) is 0 Å². The molecule has 0 aromatic heterocycles. The number of hydrogen-bond acceptors (Lipinski definition) is 2. The fourth-order valence-electron chi connectivity index (χ4n) is 1.01. The Morgan fingerprint density at radius 3 is 2.08 bits per heavy atom. The fourth-order valence-corrected chi connectivity index (χ4v) is 2.13. The van der Waals surface area contributed by atoms with E-state index >= 15 is 0 Å². The Kier molecular flexibility index (Phi) is 3.83. The Hall–Kier alpha value is 0.01000. The Bertz CT molecular complexity index is 293. The van der Waals surface area contributed by atoms with Crippen molar-refractivity contribution in [2.45, 2.75) is 13.0 Å². The molecule has 1 aromatic carbocycles. The van der Waals surface area contributed by atoms with Crippen molar-refractivity contribution in [3.63, 3.8) is 0 Å². The zero-order valence-electron chi connectivity index (χ0n) is 6.85. The average Bonchev–Trinajstić information content (AvgIpc) is 2.02. The van der Waals surface area contributed by atoms with Crippen LogP contribution in [0.25, 0.3) is 0 Å². The van der Waals surface area contributed by atoms with Crippen LogP contribution in [0.4, 0.5) is 0 Å². The van der Waals surface area contributed by atoms with E-state index in [4.69, 9.17) is 40.7 Å². The van der Waals surface area contributed by atoms with Gasteiger partial charge in [-0.05, 0) is 19.1 Å². The number of hydrogen-bond donors (Lipinski definition) is 1. The SMILES string of the molecule is CC(ON)c1c(Cl)cc(Cl)cc1Cl. The smallest absolute Gasteiger partial charge is 0.104 e. The van der Waals surface area contributed by atoms with Crippen LogP contribution in [0.2, 0.25) is 15.1 Å². The van der Waals surface area contributed by atoms with Gasteiger partial charge in [0.1, 0.15) is 6.10 Å². The van der Waals surface area contributed by atoms with Crippen LogP contribution in [0.3, 0.4) is 0 Å². The van der Waals surface area contributed by atoms with E-state index in [1.807, 2.05) is 0 Å². The maximum absolute atomic E-state index is 5.90. The summed E-state index contributed by atoms with van der Waals surface area (Å²) in [6.45, 7) is 1.75. The molecule has 2 N–H and O–H groups in total. The van der Waals surface area contributed by atoms with Gasteiger partial charge in [0.2, 0.25) is 0 Å². The zero-order valence-corrected chi connectivity index (χ0v) is 9.12. The van der Waals surface area contributed by atoms with Crippen LogP contribution in [-0.2, 0) is 4.84 Å². The average molecular weight is 241 g/mol. The second-order valence-corrected chi connectivity index (χ2v) is 3.81. The minimum Gasteiger partial charge on any atom is -0.297 e. The second kappa shape index (κ2) is 4.49. The summed E-state index contributed by atoms with van der Waals surface area (Å²) in [6, 6.07) is 3.19. The lowest BCUT2D eigenvalue weighted by Crippen LogP contribution is -2.06. The molecule has 1 rings (SSSR count). The standard InChI is InChI=1S/C8H8Cl3NO/c1-4(13-12)8-6(10)2-5(9)3-7(8)11/h2-4H,12H2,1H3. The Morgan fingerprint density at radius 2 is 1.69 bits per heavy atom. The molecule has 2 nitrogen and oxygen atoms in total. The van der Waals surface area contributed by atoms with E-state index in [0.29, 0.717) is 20.6 Å². The summed E-state index contributed by atoms with van der Waals surface area (Å²) in [4.78, 5) is 4.63. The van der Waals surface area contributed by atoms with Crippen LogP contribution in [0.5, 0.6) is 0 Å². The minimum atomic E-state index is -0.350. The molecule has 0 aliphatic heterocycles. The molecule has 0 saturated carbocycles. The van der Waals surface area contributed by atoms with Gasteiger partial charge in [-0.1, -0.05) is 34.8 Å². The highest BCUT2D eigenvalue weighted by atomic mass is 35.5. The Labute approximate surface area is 91.5 Å². The van der Waals surface area contributed by atoms with Crippen LogP contribution in [0.15, 0.2) is 12.1 Å². The molecule has 5 heteroatoms. The van der Waals surface area contributed by atoms with Crippen molar-refractivity contribution in [1.82, 2.24) is 0 Å². The lowest BCUT2D eigenvalue weighted by Gasteiger charge is -2.12. The lowest BCUT2D eigenvalue weighted by atomic mass is 10.1. The van der Waals surface area contributed by atoms with Crippen LogP contribution >= 0.6 is 34.8 Å². The molecule has 0 aliphatic rings. The van der Waals surface area contributed by atoms with E-state index in [1.165, 1.54) is 0 Å². The molecule has 0 spiro atoms. The van der Waals surface area contributed by atoms with Gasteiger partial charge < -0.3 is 0 Å². The number of nitrogens with two attached hydrogens (primary N) is 1. The molecule has 1 aromatic rings. The molecule has 72 valence electrons. The van der Waals surface area contributed by atoms with Gasteiger partial charge in [0.15, 0.2) is 0 Å². The number of halogens is 3. The van der Waals surface area contributed by atoms with Crippen LogP contribution in [-0.4, -0.2) is 0 Å². The second-order valence-electron chi connectivity index (χ2n) is 2.56. The van der Waals surface area contributed by atoms with E-state index in [1.54, 1.807) is 19.1 Å². The monoisotopic (exact) mass is 239 g/mol. The molecule has 0 aliphatic carbocycles. The molecule has 0 heterocycles. The normalized spacial score (nSPS) is 13.0. The maximum atomic E-state index is 5.90. The van der Waals surface area contributed by atoms with E-state index in [9.17, 15) is 0 Å². The van der Waals surface area contributed by atoms with Gasteiger partial charge >= 0.3 is 0 Å². The van der Waals surface area contributed by atoms with Crippen molar-refractivity contribution in [1.29, 1.82) is 0 Å². The summed E-state index contributed by atoms with van der Waals surface area (Å²) in [6.07, 6.45) is -0.350. The van der Waals surface area contributed by atoms with Crippen LogP contribution < -0.4 is 5.90 Å². The molecule has 13 heavy (non-hydrogen) atoms. The lowest BCUT2D eigenvalue weighted by molar-refractivity contribution is 0.0665. The van der Waals surface area contributed by atoms with E-state index < -0.39 is 0 Å². The maximum Gasteiger partial charge on any atom is 0.104 e. The first kappa shape index (κ1) is 11.1. The summed E-state index contributed by atoms with van der Waals surface area (Å²) in [7, 11) is 0. The summed E-state index contributed by atoms with van der Waals surface area (Å²) < 4.78 is 0. The van der Waals surface area contributed by atoms with E-state index in [-0.39, 0.29) is 6.10 Å². The molecule has 1 unspecified atom stereocenters. The van der Waals surface area contributed by atoms with Gasteiger partial charge in [0, 0.05) is 20.6 Å². The Morgan fingerprint density at radius 1 is 1.23 bits per heavy atom. The topological polar surface area (TPSA) is 35.2 Å². The van der Waals surface area contributed by atoms with Crippen molar-refractivity contribution in [2.75, 3.05) is 0 Å². The van der Waals surface area contributed by atoms with Crippen molar-refractivity contribution >= 4 is 34.8 Å². The fraction of sp³-hybridized carbons (Fsp3) is 0.250. The minimum absolute atomic E-state index is 0.350. The summed E-state index contributed by atoms with van der Waals surface area (Å²) in [5.41, 5.74) is 0.648. The predicted octanol–water partition coefficient (Wildman–Crippen LogP) is 3.60. The third-order valence-corrected chi connectivity index (χ3v) is 2.50. The van der Waals surface area contributed by atoms with Gasteiger partial charge in [0.05, 0.1) is 0 Å². The summed E-state index contributed by atoms with van der Waals surface area (Å²) in [5, 5.41) is 1.40. The molecule has 0 fully saturated rings. The van der Waals surface area contributed by atoms with Crippen LogP contribution in [0.1, 0.15) is 18.6 Å². The highest BCUT2D eigenvalue weighted by Crippen LogP contribution is 2.34. The van der Waals surface area contributed by atoms with Crippen molar-refractivity contribution in [3.05, 3.63) is 32.8 Å². The highest BCUT2D eigenvalue weighted by Gasteiger charge is 2.14. The van der Waals surface area contributed by atoms with Gasteiger partial charge in [-0.25, -0.2) is 5.90 Å². The molecule has 1 atom stereocenters. The summed E-state index contributed by atoms with van der Waals surface area (Å²) in [5.74, 6) is 5.03. The molecular weight excluding hydrogens is 232 g/mol. The van der Waals surface area contributed by atoms with Crippen molar-refractivity contribution in [2.24, 2.45) is 5.90 Å². The van der Waals surface area contributed by atoms with E-state index in [0.717, 1.165) is 0 Å². The third kappa shape index (κ3) is 2.48. The number of rotatable bonds is 2. The van der Waals surface area contributed by atoms with Gasteiger partial charge in [-0.2, -0.15) is 0 Å². The van der Waals surface area contributed by atoms with Crippen LogP contribution in [0, 0.1) is 0 Å². The predicted molar refractivity (Wildman–Crippen MR) is 55.2 cm³/mol. The first-order valence-corrected chi connectivity index (χ1v) is 4.69. The quantitative estimate of drug-likeness (QED) is 0.802. The van der Waals surface area contributed by atoms with Crippen molar-refractivity contribution in [3.8, 4) is 0 Å². The van der Waals surface area contributed by atoms with Crippen molar-refractivity contribution < 1.29 is 4.84 Å².